The summed E-state index contributed by atoms with van der Waals surface area (Å²) in [6.07, 6.45) is 0. The third-order valence-electron chi connectivity index (χ3n) is 2.85. The Labute approximate surface area is 116 Å². The Morgan fingerprint density at radius 2 is 1.89 bits per heavy atom. The number of rotatable bonds is 3. The van der Waals surface area contributed by atoms with Gasteiger partial charge in [0.15, 0.2) is 0 Å². The van der Waals surface area contributed by atoms with E-state index in [2.05, 4.69) is 22.9 Å². The van der Waals surface area contributed by atoms with Crippen LogP contribution in [0.1, 0.15) is 16.7 Å². The van der Waals surface area contributed by atoms with Crippen molar-refractivity contribution in [1.82, 2.24) is 0 Å². The minimum atomic E-state index is 0.556. The molecule has 0 heterocycles. The van der Waals surface area contributed by atoms with Gasteiger partial charge in [-0.2, -0.15) is 0 Å². The fourth-order valence-electron chi connectivity index (χ4n) is 1.78. The molecule has 0 atom stereocenters. The maximum absolute atomic E-state index is 5.86. The maximum atomic E-state index is 5.86. The maximum Gasteiger partial charge on any atom is 0.141 e. The van der Waals surface area contributed by atoms with Crippen molar-refractivity contribution in [2.24, 2.45) is 5.73 Å². The number of hydrogen-bond donors (Lipinski definition) is 1. The normalized spacial score (nSPS) is 10.4. The first kappa shape index (κ1) is 13.1. The lowest BCUT2D eigenvalue weighted by Gasteiger charge is -2.10. The zero-order chi connectivity index (χ0) is 13.1. The van der Waals surface area contributed by atoms with Gasteiger partial charge in [-0.25, -0.2) is 0 Å². The minimum absolute atomic E-state index is 0.556. The molecular weight excluding hydrogens is 290 g/mol. The molecule has 0 aliphatic rings. The van der Waals surface area contributed by atoms with Gasteiger partial charge in [0, 0.05) is 6.54 Å². The molecule has 0 aliphatic carbocycles. The Morgan fingerprint density at radius 1 is 1.11 bits per heavy atom. The lowest BCUT2D eigenvalue weighted by Crippen LogP contribution is -1.99. The smallest absolute Gasteiger partial charge is 0.141 e. The molecule has 0 bridgehead atoms. The molecule has 0 fully saturated rings. The molecule has 2 nitrogen and oxygen atoms in total. The van der Waals surface area contributed by atoms with E-state index in [-0.39, 0.29) is 0 Å². The Bertz CT molecular complexity index is 566. The van der Waals surface area contributed by atoms with Crippen molar-refractivity contribution in [2.45, 2.75) is 20.4 Å². The highest BCUT2D eigenvalue weighted by Crippen LogP contribution is 2.31. The molecule has 0 unspecified atom stereocenters. The van der Waals surface area contributed by atoms with Crippen LogP contribution in [0.5, 0.6) is 11.5 Å². The van der Waals surface area contributed by atoms with E-state index in [1.807, 2.05) is 43.3 Å². The molecule has 0 radical (unpaired) electrons. The number of halogens is 1. The van der Waals surface area contributed by atoms with Gasteiger partial charge in [0.1, 0.15) is 11.5 Å². The second-order valence-corrected chi connectivity index (χ2v) is 5.18. The van der Waals surface area contributed by atoms with Gasteiger partial charge in [0.05, 0.1) is 4.47 Å². The highest BCUT2D eigenvalue weighted by molar-refractivity contribution is 9.10. The molecule has 0 amide bonds. The first-order valence-corrected chi connectivity index (χ1v) is 6.63. The van der Waals surface area contributed by atoms with Crippen LogP contribution in [-0.4, -0.2) is 0 Å². The minimum Gasteiger partial charge on any atom is -0.456 e. The summed E-state index contributed by atoms with van der Waals surface area (Å²) in [7, 11) is 0. The highest BCUT2D eigenvalue weighted by atomic mass is 79.9. The van der Waals surface area contributed by atoms with Crippen LogP contribution in [0.25, 0.3) is 0 Å². The third kappa shape index (κ3) is 2.92. The van der Waals surface area contributed by atoms with Crippen LogP contribution in [0, 0.1) is 13.8 Å². The number of ether oxygens (including phenoxy) is 1. The molecule has 2 rings (SSSR count). The van der Waals surface area contributed by atoms with E-state index in [0.29, 0.717) is 6.54 Å². The standard InChI is InChI=1S/C15H16BrNO/c1-10-3-6-15(14(16)7-10)18-13-5-4-12(9-17)11(2)8-13/h3-8H,9,17H2,1-2H3. The second kappa shape index (κ2) is 5.55. The number of benzene rings is 2. The van der Waals surface area contributed by atoms with Gasteiger partial charge in [-0.3, -0.25) is 0 Å². The molecule has 2 aromatic carbocycles. The van der Waals surface area contributed by atoms with Gasteiger partial charge in [0.2, 0.25) is 0 Å². The van der Waals surface area contributed by atoms with Gasteiger partial charge < -0.3 is 10.5 Å². The number of nitrogens with two attached hydrogens (primary N) is 1. The molecule has 2 N–H and O–H groups in total. The topological polar surface area (TPSA) is 35.2 Å². The van der Waals surface area contributed by atoms with Crippen molar-refractivity contribution in [3.63, 3.8) is 0 Å². The summed E-state index contributed by atoms with van der Waals surface area (Å²) in [5.41, 5.74) is 9.14. The van der Waals surface area contributed by atoms with E-state index in [1.54, 1.807) is 0 Å². The molecule has 0 spiro atoms. The zero-order valence-electron chi connectivity index (χ0n) is 10.5. The fraction of sp³-hybridized carbons (Fsp3) is 0.200. The Kier molecular flexibility index (Phi) is 4.04. The molecule has 3 heteroatoms. The van der Waals surface area contributed by atoms with Gasteiger partial charge in [0.25, 0.3) is 0 Å². The molecule has 2 aromatic rings. The summed E-state index contributed by atoms with van der Waals surface area (Å²) in [5, 5.41) is 0. The van der Waals surface area contributed by atoms with E-state index in [9.17, 15) is 0 Å². The zero-order valence-corrected chi connectivity index (χ0v) is 12.1. The summed E-state index contributed by atoms with van der Waals surface area (Å²) < 4.78 is 6.82. The average Bonchev–Trinajstić information content (AvgIpc) is 2.33. The van der Waals surface area contributed by atoms with E-state index in [1.165, 1.54) is 5.56 Å². The fourth-order valence-corrected chi connectivity index (χ4v) is 2.35. The number of aryl methyl sites for hydroxylation is 2. The SMILES string of the molecule is Cc1ccc(Oc2ccc(CN)c(C)c2)c(Br)c1. The van der Waals surface area contributed by atoms with Crippen molar-refractivity contribution in [3.8, 4) is 11.5 Å². The largest absolute Gasteiger partial charge is 0.456 e. The van der Waals surface area contributed by atoms with Gasteiger partial charge in [-0.1, -0.05) is 12.1 Å². The summed E-state index contributed by atoms with van der Waals surface area (Å²) in [4.78, 5) is 0. The third-order valence-corrected chi connectivity index (χ3v) is 3.47. The van der Waals surface area contributed by atoms with E-state index < -0.39 is 0 Å². The van der Waals surface area contributed by atoms with Crippen molar-refractivity contribution >= 4 is 15.9 Å². The Morgan fingerprint density at radius 3 is 2.50 bits per heavy atom. The van der Waals surface area contributed by atoms with Crippen LogP contribution >= 0.6 is 15.9 Å². The summed E-state index contributed by atoms with van der Waals surface area (Å²) in [5.74, 6) is 1.65. The van der Waals surface area contributed by atoms with Crippen molar-refractivity contribution in [2.75, 3.05) is 0 Å². The molecule has 94 valence electrons. The van der Waals surface area contributed by atoms with Gasteiger partial charge in [-0.15, -0.1) is 0 Å². The van der Waals surface area contributed by atoms with Crippen molar-refractivity contribution in [1.29, 1.82) is 0 Å². The average molecular weight is 306 g/mol. The van der Waals surface area contributed by atoms with Gasteiger partial charge >= 0.3 is 0 Å². The summed E-state index contributed by atoms with van der Waals surface area (Å²) >= 11 is 3.51. The molecule has 0 saturated heterocycles. The summed E-state index contributed by atoms with van der Waals surface area (Å²) in [6.45, 7) is 4.65. The lowest BCUT2D eigenvalue weighted by molar-refractivity contribution is 0.479. The second-order valence-electron chi connectivity index (χ2n) is 4.33. The molecule has 0 saturated carbocycles. The van der Waals surface area contributed by atoms with Crippen LogP contribution < -0.4 is 10.5 Å². The van der Waals surface area contributed by atoms with Crippen LogP contribution in [0.4, 0.5) is 0 Å². The predicted molar refractivity (Wildman–Crippen MR) is 78.0 cm³/mol. The first-order chi connectivity index (χ1) is 8.60. The van der Waals surface area contributed by atoms with E-state index in [4.69, 9.17) is 10.5 Å². The molecule has 0 aromatic heterocycles. The molecule has 18 heavy (non-hydrogen) atoms. The van der Waals surface area contributed by atoms with Crippen LogP contribution in [0.3, 0.4) is 0 Å². The van der Waals surface area contributed by atoms with Crippen LogP contribution in [0.15, 0.2) is 40.9 Å². The molecular formula is C15H16BrNO. The van der Waals surface area contributed by atoms with Crippen molar-refractivity contribution in [3.05, 3.63) is 57.6 Å². The first-order valence-electron chi connectivity index (χ1n) is 5.84. The lowest BCUT2D eigenvalue weighted by atomic mass is 10.1. The summed E-state index contributed by atoms with van der Waals surface area (Å²) in [6, 6.07) is 12.0. The number of hydrogen-bond acceptors (Lipinski definition) is 2. The van der Waals surface area contributed by atoms with E-state index >= 15 is 0 Å². The highest BCUT2D eigenvalue weighted by Gasteiger charge is 2.04. The quantitative estimate of drug-likeness (QED) is 0.916. The van der Waals surface area contributed by atoms with Gasteiger partial charge in [-0.05, 0) is 70.7 Å². The predicted octanol–water partition coefficient (Wildman–Crippen LogP) is 4.32. The van der Waals surface area contributed by atoms with Crippen LogP contribution in [0.2, 0.25) is 0 Å². The van der Waals surface area contributed by atoms with E-state index in [0.717, 1.165) is 27.1 Å². The van der Waals surface area contributed by atoms with Crippen molar-refractivity contribution < 1.29 is 4.74 Å². The monoisotopic (exact) mass is 305 g/mol. The molecule has 0 aliphatic heterocycles. The van der Waals surface area contributed by atoms with Crippen LogP contribution in [-0.2, 0) is 6.54 Å². The Balaban J connectivity index is 2.26. The Hall–Kier alpha value is -1.32.